The first-order chi connectivity index (χ1) is 11.1. The molecule has 6 nitrogen and oxygen atoms in total. The molecule has 1 atom stereocenters. The summed E-state index contributed by atoms with van der Waals surface area (Å²) in [5, 5.41) is 3.38. The minimum absolute atomic E-state index is 0.155. The van der Waals surface area contributed by atoms with Gasteiger partial charge in [-0.05, 0) is 31.2 Å². The Bertz CT molecular complexity index is 651. The van der Waals surface area contributed by atoms with E-state index in [-0.39, 0.29) is 18.4 Å². The zero-order valence-electron chi connectivity index (χ0n) is 13.5. The first-order valence-electron chi connectivity index (χ1n) is 7.22. The largest absolute Gasteiger partial charge is 0.497 e. The monoisotopic (exact) mass is 335 g/mol. The third-order valence-electron chi connectivity index (χ3n) is 3.42. The number of thiazole rings is 1. The van der Waals surface area contributed by atoms with Crippen LogP contribution in [0.4, 0.5) is 5.13 Å². The van der Waals surface area contributed by atoms with Crippen molar-refractivity contribution in [3.05, 3.63) is 29.1 Å². The predicted molar refractivity (Wildman–Crippen MR) is 91.9 cm³/mol. The molecule has 2 aromatic rings. The Balaban J connectivity index is 2.09. The lowest BCUT2D eigenvalue weighted by Gasteiger charge is -2.11. The molecule has 3 N–H and O–H groups in total. The number of hydrogen-bond acceptors (Lipinski definition) is 6. The second-order valence-corrected chi connectivity index (χ2v) is 6.20. The fourth-order valence-corrected chi connectivity index (χ4v) is 2.96. The standard InChI is InChI=1S/C16H21N3O3S/c1-10-15(11-4-6-12(21-2)7-5-11)19-16(23-10)18-14(20)8-13(9-17)22-3/h4-7,13H,8-9,17H2,1-3H3,(H,18,19,20). The van der Waals surface area contributed by atoms with Crippen molar-refractivity contribution in [3.63, 3.8) is 0 Å². The lowest BCUT2D eigenvalue weighted by molar-refractivity contribution is -0.118. The van der Waals surface area contributed by atoms with Crippen LogP contribution >= 0.6 is 11.3 Å². The second kappa shape index (κ2) is 8.05. The average Bonchev–Trinajstić information content (AvgIpc) is 2.92. The van der Waals surface area contributed by atoms with Crippen LogP contribution in [0.25, 0.3) is 11.3 Å². The first-order valence-corrected chi connectivity index (χ1v) is 8.03. The number of methoxy groups -OCH3 is 2. The van der Waals surface area contributed by atoms with Gasteiger partial charge in [0.15, 0.2) is 5.13 Å². The number of ether oxygens (including phenoxy) is 2. The Morgan fingerprint density at radius 2 is 2.04 bits per heavy atom. The summed E-state index contributed by atoms with van der Waals surface area (Å²) in [6.45, 7) is 2.28. The summed E-state index contributed by atoms with van der Waals surface area (Å²) in [5.41, 5.74) is 7.36. The van der Waals surface area contributed by atoms with Gasteiger partial charge in [-0.25, -0.2) is 4.98 Å². The molecular weight excluding hydrogens is 314 g/mol. The molecule has 0 bridgehead atoms. The van der Waals surface area contributed by atoms with Gasteiger partial charge in [0.05, 0.1) is 25.3 Å². The van der Waals surface area contributed by atoms with Crippen molar-refractivity contribution in [3.8, 4) is 17.0 Å². The normalized spacial score (nSPS) is 12.0. The van der Waals surface area contributed by atoms with E-state index in [0.717, 1.165) is 21.9 Å². The Kier molecular flexibility index (Phi) is 6.09. The van der Waals surface area contributed by atoms with E-state index in [4.69, 9.17) is 15.2 Å². The number of amides is 1. The summed E-state index contributed by atoms with van der Waals surface area (Å²) in [6, 6.07) is 7.66. The van der Waals surface area contributed by atoms with Crippen LogP contribution in [-0.4, -0.2) is 37.8 Å². The topological polar surface area (TPSA) is 86.5 Å². The van der Waals surface area contributed by atoms with Gasteiger partial charge in [-0.3, -0.25) is 4.79 Å². The molecule has 1 heterocycles. The number of carbonyl (C=O) groups is 1. The maximum atomic E-state index is 12.0. The maximum Gasteiger partial charge on any atom is 0.228 e. The fraction of sp³-hybridized carbons (Fsp3) is 0.375. The quantitative estimate of drug-likeness (QED) is 0.811. The molecule has 0 aliphatic rings. The number of rotatable bonds is 7. The number of carbonyl (C=O) groups excluding carboxylic acids is 1. The van der Waals surface area contributed by atoms with Crippen LogP contribution in [0.2, 0.25) is 0 Å². The van der Waals surface area contributed by atoms with Crippen molar-refractivity contribution in [2.24, 2.45) is 5.73 Å². The van der Waals surface area contributed by atoms with E-state index in [2.05, 4.69) is 10.3 Å². The fourth-order valence-electron chi connectivity index (χ4n) is 2.11. The van der Waals surface area contributed by atoms with Gasteiger partial charge in [0.2, 0.25) is 5.91 Å². The Morgan fingerprint density at radius 3 is 2.61 bits per heavy atom. The van der Waals surface area contributed by atoms with Gasteiger partial charge in [-0.15, -0.1) is 11.3 Å². The highest BCUT2D eigenvalue weighted by molar-refractivity contribution is 7.16. The number of nitrogens with zero attached hydrogens (tertiary/aromatic N) is 1. The van der Waals surface area contributed by atoms with Gasteiger partial charge >= 0.3 is 0 Å². The zero-order chi connectivity index (χ0) is 16.8. The Labute approximate surface area is 139 Å². The van der Waals surface area contributed by atoms with E-state index < -0.39 is 0 Å². The van der Waals surface area contributed by atoms with E-state index >= 15 is 0 Å². The number of anilines is 1. The van der Waals surface area contributed by atoms with Gasteiger partial charge in [0.25, 0.3) is 0 Å². The summed E-state index contributed by atoms with van der Waals surface area (Å²) in [4.78, 5) is 17.5. The molecule has 0 fully saturated rings. The number of benzene rings is 1. The molecule has 1 aromatic heterocycles. The van der Waals surface area contributed by atoms with Crippen LogP contribution in [0.1, 0.15) is 11.3 Å². The number of aryl methyl sites for hydroxylation is 1. The van der Waals surface area contributed by atoms with Crippen molar-refractivity contribution in [1.82, 2.24) is 4.98 Å². The summed E-state index contributed by atoms with van der Waals surface area (Å²) in [7, 11) is 3.17. The molecule has 23 heavy (non-hydrogen) atoms. The van der Waals surface area contributed by atoms with Crippen molar-refractivity contribution in [1.29, 1.82) is 0 Å². The van der Waals surface area contributed by atoms with Crippen LogP contribution in [0.15, 0.2) is 24.3 Å². The first kappa shape index (κ1) is 17.4. The zero-order valence-corrected chi connectivity index (χ0v) is 14.3. The molecule has 1 aromatic carbocycles. The van der Waals surface area contributed by atoms with Gasteiger partial charge in [-0.2, -0.15) is 0 Å². The van der Waals surface area contributed by atoms with Crippen molar-refractivity contribution in [2.45, 2.75) is 19.4 Å². The minimum atomic E-state index is -0.280. The van der Waals surface area contributed by atoms with Crippen molar-refractivity contribution >= 4 is 22.4 Å². The third kappa shape index (κ3) is 4.51. The van der Waals surface area contributed by atoms with E-state index in [0.29, 0.717) is 11.7 Å². The minimum Gasteiger partial charge on any atom is -0.497 e. The lowest BCUT2D eigenvalue weighted by Crippen LogP contribution is -2.28. The van der Waals surface area contributed by atoms with E-state index in [1.54, 1.807) is 14.2 Å². The van der Waals surface area contributed by atoms with Gasteiger partial charge < -0.3 is 20.5 Å². The highest BCUT2D eigenvalue weighted by atomic mass is 32.1. The molecule has 0 aliphatic heterocycles. The SMILES string of the molecule is COc1ccc(-c2nc(NC(=O)CC(CN)OC)sc2C)cc1. The van der Waals surface area contributed by atoms with Gasteiger partial charge in [-0.1, -0.05) is 0 Å². The third-order valence-corrected chi connectivity index (χ3v) is 4.30. The van der Waals surface area contributed by atoms with E-state index in [9.17, 15) is 4.79 Å². The molecule has 0 spiro atoms. The lowest BCUT2D eigenvalue weighted by atomic mass is 10.1. The second-order valence-electron chi connectivity index (χ2n) is 5.00. The van der Waals surface area contributed by atoms with Crippen molar-refractivity contribution in [2.75, 3.05) is 26.1 Å². The van der Waals surface area contributed by atoms with Crippen LogP contribution in [0, 0.1) is 6.92 Å². The molecule has 124 valence electrons. The molecule has 0 saturated carbocycles. The van der Waals surface area contributed by atoms with Gasteiger partial charge in [0, 0.05) is 24.1 Å². The summed E-state index contributed by atoms with van der Waals surface area (Å²) in [6.07, 6.45) is -0.0686. The van der Waals surface area contributed by atoms with Crippen molar-refractivity contribution < 1.29 is 14.3 Å². The Morgan fingerprint density at radius 1 is 1.35 bits per heavy atom. The molecule has 0 radical (unpaired) electrons. The number of aromatic nitrogens is 1. The summed E-state index contributed by atoms with van der Waals surface area (Å²) >= 11 is 1.44. The van der Waals surface area contributed by atoms with Crippen LogP contribution < -0.4 is 15.8 Å². The van der Waals surface area contributed by atoms with Gasteiger partial charge in [0.1, 0.15) is 5.75 Å². The number of nitrogens with two attached hydrogens (primary N) is 1. The smallest absolute Gasteiger partial charge is 0.228 e. The molecule has 0 aliphatic carbocycles. The predicted octanol–water partition coefficient (Wildman–Crippen LogP) is 2.43. The van der Waals surface area contributed by atoms with Crippen LogP contribution in [0.3, 0.4) is 0 Å². The number of hydrogen-bond donors (Lipinski definition) is 2. The van der Waals surface area contributed by atoms with Crippen LogP contribution in [-0.2, 0) is 9.53 Å². The maximum absolute atomic E-state index is 12.0. The average molecular weight is 335 g/mol. The van der Waals surface area contributed by atoms with E-state index in [1.165, 1.54) is 11.3 Å². The molecular formula is C16H21N3O3S. The molecule has 7 heteroatoms. The molecule has 1 amide bonds. The molecule has 0 saturated heterocycles. The molecule has 1 unspecified atom stereocenters. The molecule has 2 rings (SSSR count). The van der Waals surface area contributed by atoms with E-state index in [1.807, 2.05) is 31.2 Å². The number of nitrogens with one attached hydrogen (secondary N) is 1. The summed E-state index contributed by atoms with van der Waals surface area (Å²) < 4.78 is 10.3. The Hall–Kier alpha value is -1.96. The highest BCUT2D eigenvalue weighted by Gasteiger charge is 2.15. The van der Waals surface area contributed by atoms with Crippen LogP contribution in [0.5, 0.6) is 5.75 Å². The highest BCUT2D eigenvalue weighted by Crippen LogP contribution is 2.31. The summed E-state index contributed by atoms with van der Waals surface area (Å²) in [5.74, 6) is 0.639.